The Morgan fingerprint density at radius 1 is 1.24 bits per heavy atom. The molecular weight excluding hydrogens is 270 g/mol. The fourth-order valence-electron chi connectivity index (χ4n) is 2.41. The molecule has 7 nitrogen and oxygen atoms in total. The summed E-state index contributed by atoms with van der Waals surface area (Å²) < 4.78 is 0. The lowest BCUT2D eigenvalue weighted by molar-refractivity contribution is -0.135. The molecule has 3 rings (SSSR count). The summed E-state index contributed by atoms with van der Waals surface area (Å²) in [4.78, 5) is 33.9. The van der Waals surface area contributed by atoms with Crippen LogP contribution in [0.25, 0.3) is 10.9 Å². The first-order chi connectivity index (χ1) is 9.89. The number of fused-ring (bicyclic) bond motifs is 1. The van der Waals surface area contributed by atoms with Crippen molar-refractivity contribution in [2.75, 3.05) is 17.2 Å². The fraction of sp³-hybridized carbons (Fsp3) is 0.286. The van der Waals surface area contributed by atoms with Crippen LogP contribution in [0.4, 0.5) is 11.8 Å². The first-order valence-corrected chi connectivity index (χ1v) is 6.54. The minimum Gasteiger partial charge on any atom is -0.368 e. The number of carbonyl (C=O) groups excluding carboxylic acids is 2. The number of imide groups is 1. The molecular formula is C14H15N5O2. The first-order valence-electron chi connectivity index (χ1n) is 6.54. The molecule has 3 N–H and O–H groups in total. The number of benzene rings is 1. The number of anilines is 2. The van der Waals surface area contributed by atoms with E-state index >= 15 is 0 Å². The van der Waals surface area contributed by atoms with Crippen molar-refractivity contribution in [1.82, 2.24) is 15.3 Å². The van der Waals surface area contributed by atoms with Gasteiger partial charge >= 0.3 is 0 Å². The van der Waals surface area contributed by atoms with E-state index in [1.165, 1.54) is 0 Å². The standard InChI is InChI=1S/C14H15N5O2/c1-14(2)12(21)17-10(20)7-19(14)11-8-5-3-4-6-9(8)16-13(15)18-11/h3-6H,7H2,1-2H3,(H2,15,16,18)(H,17,20,21). The largest absolute Gasteiger partial charge is 0.368 e. The summed E-state index contributed by atoms with van der Waals surface area (Å²) in [7, 11) is 0. The minimum absolute atomic E-state index is 0.0409. The summed E-state index contributed by atoms with van der Waals surface area (Å²) in [6.45, 7) is 3.52. The van der Waals surface area contributed by atoms with Crippen molar-refractivity contribution >= 4 is 34.5 Å². The number of hydrogen-bond acceptors (Lipinski definition) is 6. The highest BCUT2D eigenvalue weighted by atomic mass is 16.2. The van der Waals surface area contributed by atoms with Gasteiger partial charge in [0.05, 0.1) is 12.1 Å². The molecule has 2 amide bonds. The fourth-order valence-corrected chi connectivity index (χ4v) is 2.41. The number of nitrogens with zero attached hydrogens (tertiary/aromatic N) is 3. The van der Waals surface area contributed by atoms with Crippen LogP contribution in [0.5, 0.6) is 0 Å². The number of amides is 2. The van der Waals surface area contributed by atoms with E-state index in [2.05, 4.69) is 15.3 Å². The first kappa shape index (κ1) is 13.3. The van der Waals surface area contributed by atoms with Gasteiger partial charge in [0.25, 0.3) is 5.91 Å². The zero-order valence-corrected chi connectivity index (χ0v) is 11.8. The third-order valence-electron chi connectivity index (χ3n) is 3.64. The van der Waals surface area contributed by atoms with Crippen LogP contribution in [0.15, 0.2) is 24.3 Å². The van der Waals surface area contributed by atoms with E-state index in [0.717, 1.165) is 5.39 Å². The molecule has 1 fully saturated rings. The maximum Gasteiger partial charge on any atom is 0.251 e. The molecule has 0 aliphatic carbocycles. The molecule has 2 aromatic rings. The Morgan fingerprint density at radius 2 is 1.95 bits per heavy atom. The van der Waals surface area contributed by atoms with Crippen molar-refractivity contribution in [1.29, 1.82) is 0 Å². The third kappa shape index (κ3) is 2.06. The van der Waals surface area contributed by atoms with Gasteiger partial charge in [-0.2, -0.15) is 4.98 Å². The Labute approximate surface area is 121 Å². The third-order valence-corrected chi connectivity index (χ3v) is 3.64. The maximum absolute atomic E-state index is 12.1. The molecule has 1 aliphatic heterocycles. The van der Waals surface area contributed by atoms with Crippen molar-refractivity contribution in [3.8, 4) is 0 Å². The van der Waals surface area contributed by atoms with Gasteiger partial charge < -0.3 is 10.6 Å². The molecule has 0 unspecified atom stereocenters. The summed E-state index contributed by atoms with van der Waals surface area (Å²) in [5.41, 5.74) is 5.52. The SMILES string of the molecule is CC1(C)C(=O)NC(=O)CN1c1nc(N)nc2ccccc12. The number of nitrogens with two attached hydrogens (primary N) is 1. The molecule has 1 aromatic heterocycles. The van der Waals surface area contributed by atoms with Crippen LogP contribution in [0, 0.1) is 0 Å². The lowest BCUT2D eigenvalue weighted by Crippen LogP contribution is -2.64. The highest BCUT2D eigenvalue weighted by Crippen LogP contribution is 2.31. The second-order valence-electron chi connectivity index (χ2n) is 5.45. The average Bonchev–Trinajstić information content (AvgIpc) is 2.42. The van der Waals surface area contributed by atoms with E-state index in [-0.39, 0.29) is 24.3 Å². The predicted molar refractivity (Wildman–Crippen MR) is 78.5 cm³/mol. The normalized spacial score (nSPS) is 17.9. The van der Waals surface area contributed by atoms with Crippen molar-refractivity contribution in [2.45, 2.75) is 19.4 Å². The van der Waals surface area contributed by atoms with Crippen LogP contribution in [-0.4, -0.2) is 33.9 Å². The van der Waals surface area contributed by atoms with Crippen LogP contribution in [0.3, 0.4) is 0 Å². The van der Waals surface area contributed by atoms with Gasteiger partial charge in [-0.05, 0) is 26.0 Å². The molecule has 1 aliphatic rings. The smallest absolute Gasteiger partial charge is 0.251 e. The number of aromatic nitrogens is 2. The number of hydrogen-bond donors (Lipinski definition) is 2. The van der Waals surface area contributed by atoms with Crippen LogP contribution >= 0.6 is 0 Å². The predicted octanol–water partition coefficient (Wildman–Crippen LogP) is 0.453. The van der Waals surface area contributed by atoms with Crippen LogP contribution in [-0.2, 0) is 9.59 Å². The van der Waals surface area contributed by atoms with Gasteiger partial charge in [-0.1, -0.05) is 12.1 Å². The Hall–Kier alpha value is -2.70. The van der Waals surface area contributed by atoms with Crippen molar-refractivity contribution in [3.05, 3.63) is 24.3 Å². The Bertz CT molecular complexity index is 756. The van der Waals surface area contributed by atoms with Gasteiger partial charge in [-0.3, -0.25) is 14.9 Å². The lowest BCUT2D eigenvalue weighted by Gasteiger charge is -2.41. The minimum atomic E-state index is -0.905. The van der Waals surface area contributed by atoms with E-state index in [1.54, 1.807) is 18.7 Å². The Morgan fingerprint density at radius 3 is 2.71 bits per heavy atom. The van der Waals surface area contributed by atoms with Crippen LogP contribution in [0.2, 0.25) is 0 Å². The van der Waals surface area contributed by atoms with E-state index < -0.39 is 5.54 Å². The molecule has 0 atom stereocenters. The van der Waals surface area contributed by atoms with Gasteiger partial charge in [-0.25, -0.2) is 4.98 Å². The second-order valence-corrected chi connectivity index (χ2v) is 5.45. The lowest BCUT2D eigenvalue weighted by atomic mass is 9.98. The molecule has 21 heavy (non-hydrogen) atoms. The number of rotatable bonds is 1. The molecule has 2 heterocycles. The number of para-hydroxylation sites is 1. The van der Waals surface area contributed by atoms with Gasteiger partial charge in [0.15, 0.2) is 0 Å². The number of nitrogen functional groups attached to an aromatic ring is 1. The van der Waals surface area contributed by atoms with Crippen LogP contribution < -0.4 is 16.0 Å². The van der Waals surface area contributed by atoms with Crippen molar-refractivity contribution in [3.63, 3.8) is 0 Å². The monoisotopic (exact) mass is 285 g/mol. The summed E-state index contributed by atoms with van der Waals surface area (Å²) >= 11 is 0. The zero-order valence-electron chi connectivity index (χ0n) is 11.8. The van der Waals surface area contributed by atoms with E-state index in [0.29, 0.717) is 11.3 Å². The molecule has 108 valence electrons. The summed E-state index contributed by atoms with van der Waals surface area (Å²) in [6.07, 6.45) is 0. The second kappa shape index (κ2) is 4.41. The van der Waals surface area contributed by atoms with Gasteiger partial charge in [0.1, 0.15) is 11.4 Å². The Kier molecular flexibility index (Phi) is 2.79. The molecule has 0 bridgehead atoms. The molecule has 1 aromatic carbocycles. The Balaban J connectivity index is 2.23. The summed E-state index contributed by atoms with van der Waals surface area (Å²) in [5, 5.41) is 3.09. The highest BCUT2D eigenvalue weighted by Gasteiger charge is 2.42. The van der Waals surface area contributed by atoms with Crippen molar-refractivity contribution in [2.24, 2.45) is 0 Å². The van der Waals surface area contributed by atoms with Crippen molar-refractivity contribution < 1.29 is 9.59 Å². The quantitative estimate of drug-likeness (QED) is 0.738. The molecule has 0 saturated carbocycles. The van der Waals surface area contributed by atoms with E-state index in [9.17, 15) is 9.59 Å². The average molecular weight is 285 g/mol. The van der Waals surface area contributed by atoms with E-state index in [1.807, 2.05) is 24.3 Å². The summed E-state index contributed by atoms with van der Waals surface area (Å²) in [5.74, 6) is -0.121. The number of carbonyl (C=O) groups is 2. The molecule has 7 heteroatoms. The highest BCUT2D eigenvalue weighted by molar-refractivity contribution is 6.08. The molecule has 0 spiro atoms. The van der Waals surface area contributed by atoms with E-state index in [4.69, 9.17) is 5.73 Å². The van der Waals surface area contributed by atoms with Gasteiger partial charge in [0.2, 0.25) is 11.9 Å². The summed E-state index contributed by atoms with van der Waals surface area (Å²) in [6, 6.07) is 7.36. The van der Waals surface area contributed by atoms with Crippen LogP contribution in [0.1, 0.15) is 13.8 Å². The number of nitrogens with one attached hydrogen (secondary N) is 1. The van der Waals surface area contributed by atoms with Gasteiger partial charge in [-0.15, -0.1) is 0 Å². The molecule has 1 saturated heterocycles. The maximum atomic E-state index is 12.1. The molecule has 0 radical (unpaired) electrons. The van der Waals surface area contributed by atoms with Gasteiger partial charge in [0, 0.05) is 5.39 Å². The number of piperazine rings is 1. The zero-order chi connectivity index (χ0) is 15.2. The topological polar surface area (TPSA) is 101 Å².